The molecule has 0 atom stereocenters. The molecule has 0 aliphatic carbocycles. The largest absolute Gasteiger partial charge is 0.477 e. The van der Waals surface area contributed by atoms with E-state index in [1.807, 2.05) is 30.3 Å². The van der Waals surface area contributed by atoms with Crippen molar-refractivity contribution in [3.8, 4) is 11.3 Å². The Kier molecular flexibility index (Phi) is 6.96. The Bertz CT molecular complexity index is 936. The zero-order valence-electron chi connectivity index (χ0n) is 14.4. The normalized spacial score (nSPS) is 10.5. The topological polar surface area (TPSA) is 83.6 Å². The van der Waals surface area contributed by atoms with Gasteiger partial charge >= 0.3 is 5.97 Å². The summed E-state index contributed by atoms with van der Waals surface area (Å²) in [6.45, 7) is 1.93. The Labute approximate surface area is 154 Å². The molecule has 0 saturated carbocycles. The molecule has 0 fully saturated rings. The quantitative estimate of drug-likeness (QED) is 0.704. The number of aromatic nitrogens is 1. The maximum Gasteiger partial charge on any atom is 0.341 e. The van der Waals surface area contributed by atoms with Crippen LogP contribution in [0.1, 0.15) is 28.6 Å². The number of aromatic carboxylic acids is 1. The maximum atomic E-state index is 13.4. The van der Waals surface area contributed by atoms with E-state index in [-0.39, 0.29) is 29.2 Å². The summed E-state index contributed by atoms with van der Waals surface area (Å²) < 4.78 is 31.5. The Morgan fingerprint density at radius 1 is 1.11 bits per heavy atom. The molecule has 0 unspecified atom stereocenters. The smallest absolute Gasteiger partial charge is 0.341 e. The Morgan fingerprint density at radius 2 is 1.78 bits per heavy atom. The third-order valence-electron chi connectivity index (χ3n) is 3.35. The van der Waals surface area contributed by atoms with Crippen LogP contribution in [0.2, 0.25) is 0 Å². The van der Waals surface area contributed by atoms with Gasteiger partial charge in [0.05, 0.1) is 0 Å². The predicted octanol–water partition coefficient (Wildman–Crippen LogP) is 4.49. The molecule has 2 aromatic carbocycles. The molecular formula is C20H17F2NO4. The van der Waals surface area contributed by atoms with Gasteiger partial charge in [0.1, 0.15) is 11.3 Å². The highest BCUT2D eigenvalue weighted by atomic mass is 19.2. The molecule has 140 valence electrons. The van der Waals surface area contributed by atoms with Gasteiger partial charge in [-0.05, 0) is 36.8 Å². The average Bonchev–Trinajstić information content (AvgIpc) is 3.08. The molecule has 0 radical (unpaired) electrons. The summed E-state index contributed by atoms with van der Waals surface area (Å²) in [5, 5.41) is 20.7. The van der Waals surface area contributed by atoms with E-state index in [2.05, 4.69) is 5.16 Å². The molecule has 0 amide bonds. The number of halogens is 2. The molecule has 0 spiro atoms. The minimum atomic E-state index is -1.27. The van der Waals surface area contributed by atoms with E-state index in [4.69, 9.17) is 9.63 Å². The van der Waals surface area contributed by atoms with Crippen molar-refractivity contribution >= 4 is 18.1 Å². The molecule has 3 aromatic rings. The van der Waals surface area contributed by atoms with Crippen molar-refractivity contribution < 1.29 is 28.3 Å². The molecule has 0 bridgehead atoms. The number of hydrogen-bond acceptors (Lipinski definition) is 4. The van der Waals surface area contributed by atoms with Gasteiger partial charge in [-0.25, -0.2) is 13.6 Å². The van der Waals surface area contributed by atoms with Crippen molar-refractivity contribution in [3.63, 3.8) is 0 Å². The first-order valence-electron chi connectivity index (χ1n) is 8.00. The summed E-state index contributed by atoms with van der Waals surface area (Å²) in [6.07, 6.45) is 3.14. The number of carboxylic acids is 1. The Hall–Kier alpha value is -3.32. The summed E-state index contributed by atoms with van der Waals surface area (Å²) >= 11 is 0. The molecule has 5 nitrogen and oxygen atoms in total. The highest BCUT2D eigenvalue weighted by Gasteiger charge is 2.22. The molecule has 27 heavy (non-hydrogen) atoms. The monoisotopic (exact) mass is 373 g/mol. The van der Waals surface area contributed by atoms with Gasteiger partial charge in [0.2, 0.25) is 0 Å². The number of aliphatic hydroxyl groups excluding tert-OH is 1. The number of carbonyl (C=O) groups is 1. The highest BCUT2D eigenvalue weighted by Crippen LogP contribution is 2.28. The molecule has 7 heteroatoms. The van der Waals surface area contributed by atoms with E-state index in [0.29, 0.717) is 0 Å². The summed E-state index contributed by atoms with van der Waals surface area (Å²) in [6, 6.07) is 12.2. The second-order valence-electron chi connectivity index (χ2n) is 5.26. The van der Waals surface area contributed by atoms with Crippen LogP contribution in [0, 0.1) is 11.6 Å². The van der Waals surface area contributed by atoms with E-state index in [9.17, 15) is 18.7 Å². The average molecular weight is 373 g/mol. The summed E-state index contributed by atoms with van der Waals surface area (Å²) in [5.74, 6) is -3.37. The third kappa shape index (κ3) is 5.08. The fraction of sp³-hybridized carbons (Fsp3) is 0.100. The number of aliphatic hydroxyl groups is 1. The first-order valence-corrected chi connectivity index (χ1v) is 8.00. The van der Waals surface area contributed by atoms with Crippen molar-refractivity contribution in [3.05, 3.63) is 77.1 Å². The second-order valence-corrected chi connectivity index (χ2v) is 5.26. The number of nitrogens with zero attached hydrogens (tertiary/aromatic N) is 1. The molecule has 0 saturated heterocycles. The lowest BCUT2D eigenvalue weighted by atomic mass is 10.1. The zero-order chi connectivity index (χ0) is 19.8. The van der Waals surface area contributed by atoms with Gasteiger partial charge < -0.3 is 14.7 Å². The fourth-order valence-corrected chi connectivity index (χ4v) is 2.20. The van der Waals surface area contributed by atoms with Gasteiger partial charge in [-0.2, -0.15) is 0 Å². The lowest BCUT2D eigenvalue weighted by Crippen LogP contribution is -1.99. The Balaban J connectivity index is 0.000000817. The lowest BCUT2D eigenvalue weighted by molar-refractivity contribution is 0.0696. The van der Waals surface area contributed by atoms with E-state index in [0.717, 1.165) is 17.7 Å². The van der Waals surface area contributed by atoms with Gasteiger partial charge in [-0.1, -0.05) is 41.6 Å². The van der Waals surface area contributed by atoms with Gasteiger partial charge in [0.15, 0.2) is 17.4 Å². The Morgan fingerprint density at radius 3 is 2.37 bits per heavy atom. The second kappa shape index (κ2) is 9.40. The minimum absolute atomic E-state index is 0.0195. The molecule has 0 aliphatic heterocycles. The van der Waals surface area contributed by atoms with Gasteiger partial charge in [-0.15, -0.1) is 0 Å². The van der Waals surface area contributed by atoms with Crippen molar-refractivity contribution in [2.24, 2.45) is 0 Å². The van der Waals surface area contributed by atoms with Crippen LogP contribution in [0.5, 0.6) is 0 Å². The molecule has 2 N–H and O–H groups in total. The van der Waals surface area contributed by atoms with Crippen LogP contribution in [0.15, 0.2) is 53.1 Å². The first-order chi connectivity index (χ1) is 13.0. The molecule has 3 rings (SSSR count). The highest BCUT2D eigenvalue weighted by molar-refractivity contribution is 5.98. The van der Waals surface area contributed by atoms with Crippen LogP contribution in [0.3, 0.4) is 0 Å². The van der Waals surface area contributed by atoms with Crippen molar-refractivity contribution in [2.75, 3.05) is 6.61 Å². The van der Waals surface area contributed by atoms with E-state index < -0.39 is 17.6 Å². The van der Waals surface area contributed by atoms with Crippen LogP contribution in [0.25, 0.3) is 23.4 Å². The number of rotatable bonds is 4. The van der Waals surface area contributed by atoms with Gasteiger partial charge in [0, 0.05) is 12.2 Å². The molecule has 0 aliphatic rings. The first kappa shape index (κ1) is 20.0. The molecular weight excluding hydrogens is 356 g/mol. The van der Waals surface area contributed by atoms with E-state index in [1.165, 1.54) is 12.1 Å². The van der Waals surface area contributed by atoms with Crippen molar-refractivity contribution in [1.29, 1.82) is 0 Å². The summed E-state index contributed by atoms with van der Waals surface area (Å²) in [4.78, 5) is 11.5. The molecule has 1 heterocycles. The lowest BCUT2D eigenvalue weighted by Gasteiger charge is -1.99. The SMILES string of the molecule is CCO.O=C(O)c1c(-c2ccc(F)c(F)c2)noc1/C=C/c1ccccc1. The summed E-state index contributed by atoms with van der Waals surface area (Å²) in [7, 11) is 0. The van der Waals surface area contributed by atoms with Crippen molar-refractivity contribution in [2.45, 2.75) is 6.92 Å². The maximum absolute atomic E-state index is 13.4. The van der Waals surface area contributed by atoms with Crippen LogP contribution in [-0.2, 0) is 0 Å². The number of carboxylic acid groups (broad SMARTS) is 1. The number of hydrogen-bond donors (Lipinski definition) is 2. The number of benzene rings is 2. The zero-order valence-corrected chi connectivity index (χ0v) is 14.4. The van der Waals surface area contributed by atoms with Gasteiger partial charge in [-0.3, -0.25) is 0 Å². The third-order valence-corrected chi connectivity index (χ3v) is 3.35. The van der Waals surface area contributed by atoms with Crippen LogP contribution in [-0.4, -0.2) is 27.9 Å². The van der Waals surface area contributed by atoms with Crippen molar-refractivity contribution in [1.82, 2.24) is 5.16 Å². The van der Waals surface area contributed by atoms with Crippen LogP contribution in [0.4, 0.5) is 8.78 Å². The molecule has 1 aromatic heterocycles. The van der Waals surface area contributed by atoms with Gasteiger partial charge in [0.25, 0.3) is 0 Å². The standard InChI is InChI=1S/C18H11F2NO3.C2H6O/c19-13-8-7-12(10-14(13)20)17-16(18(22)23)15(24-21-17)9-6-11-4-2-1-3-5-11;1-2-3/h1-10H,(H,22,23);3H,2H2,1H3/b9-6+;. The van der Waals surface area contributed by atoms with Crippen LogP contribution >= 0.6 is 0 Å². The van der Waals surface area contributed by atoms with Crippen LogP contribution < -0.4 is 0 Å². The fourth-order valence-electron chi connectivity index (χ4n) is 2.20. The summed E-state index contributed by atoms with van der Waals surface area (Å²) in [5.41, 5.74) is 0.691. The van der Waals surface area contributed by atoms with E-state index >= 15 is 0 Å². The van der Waals surface area contributed by atoms with E-state index in [1.54, 1.807) is 13.0 Å². The predicted molar refractivity (Wildman–Crippen MR) is 96.9 cm³/mol. The minimum Gasteiger partial charge on any atom is -0.477 e.